The van der Waals surface area contributed by atoms with E-state index in [0.29, 0.717) is 22.5 Å². The Morgan fingerprint density at radius 2 is 1.66 bits per heavy atom. The standard InChI is InChI=1S/C24H22F3N5/c25-24(26,27)19-3-1-17(2-4-19)20-8-21(32-22(30-20)18(12-28)13-29-32)31-23-9-14-5-15(10-23)7-16(6-14)11-23/h1-4,8,13-16,31H,5-7,9-11H2. The number of rotatable bonds is 3. The van der Waals surface area contributed by atoms with Gasteiger partial charge in [-0.2, -0.15) is 28.0 Å². The zero-order valence-electron chi connectivity index (χ0n) is 17.4. The Morgan fingerprint density at radius 3 is 2.22 bits per heavy atom. The van der Waals surface area contributed by atoms with Crippen LogP contribution >= 0.6 is 0 Å². The molecule has 4 saturated carbocycles. The summed E-state index contributed by atoms with van der Waals surface area (Å²) in [6.45, 7) is 0. The minimum atomic E-state index is -4.39. The van der Waals surface area contributed by atoms with Crippen LogP contribution in [-0.2, 0) is 6.18 Å². The van der Waals surface area contributed by atoms with Gasteiger partial charge in [-0.25, -0.2) is 4.98 Å². The lowest BCUT2D eigenvalue weighted by Crippen LogP contribution is -2.55. The highest BCUT2D eigenvalue weighted by atomic mass is 19.4. The van der Waals surface area contributed by atoms with Crippen molar-refractivity contribution >= 4 is 11.5 Å². The van der Waals surface area contributed by atoms with E-state index in [0.717, 1.165) is 55.0 Å². The van der Waals surface area contributed by atoms with Crippen molar-refractivity contribution in [2.45, 2.75) is 50.2 Å². The molecule has 164 valence electrons. The van der Waals surface area contributed by atoms with Crippen molar-refractivity contribution in [1.82, 2.24) is 14.6 Å². The number of nitriles is 1. The average molecular weight is 437 g/mol. The van der Waals surface area contributed by atoms with Gasteiger partial charge in [-0.1, -0.05) is 12.1 Å². The van der Waals surface area contributed by atoms with Gasteiger partial charge >= 0.3 is 6.18 Å². The Morgan fingerprint density at radius 1 is 1.03 bits per heavy atom. The highest BCUT2D eigenvalue weighted by Gasteiger charge is 2.51. The quantitative estimate of drug-likeness (QED) is 0.574. The van der Waals surface area contributed by atoms with E-state index >= 15 is 0 Å². The largest absolute Gasteiger partial charge is 0.416 e. The molecule has 2 heterocycles. The second-order valence-corrected chi connectivity index (χ2v) is 9.83. The first-order valence-electron chi connectivity index (χ1n) is 11.1. The van der Waals surface area contributed by atoms with Gasteiger partial charge in [-0.05, 0) is 68.4 Å². The summed E-state index contributed by atoms with van der Waals surface area (Å²) in [6.07, 6.45) is 4.46. The molecule has 0 amide bonds. The van der Waals surface area contributed by atoms with Crippen molar-refractivity contribution in [3.63, 3.8) is 0 Å². The van der Waals surface area contributed by atoms with Crippen LogP contribution in [0.4, 0.5) is 19.0 Å². The number of nitrogens with zero attached hydrogens (tertiary/aromatic N) is 4. The third-order valence-electron chi connectivity index (χ3n) is 7.53. The predicted octanol–water partition coefficient (Wildman–Crippen LogP) is 5.67. The molecule has 0 unspecified atom stereocenters. The second kappa shape index (κ2) is 6.71. The lowest BCUT2D eigenvalue weighted by atomic mass is 9.53. The molecule has 4 aliphatic rings. The number of aromatic nitrogens is 3. The van der Waals surface area contributed by atoms with Crippen molar-refractivity contribution in [1.29, 1.82) is 5.26 Å². The van der Waals surface area contributed by atoms with Crippen molar-refractivity contribution in [2.24, 2.45) is 17.8 Å². The maximum Gasteiger partial charge on any atom is 0.416 e. The maximum atomic E-state index is 13.0. The molecule has 8 heteroatoms. The summed E-state index contributed by atoms with van der Waals surface area (Å²) in [4.78, 5) is 4.58. The number of benzene rings is 1. The monoisotopic (exact) mass is 437 g/mol. The number of fused-ring (bicyclic) bond motifs is 1. The van der Waals surface area contributed by atoms with Crippen molar-refractivity contribution in [2.75, 3.05) is 5.32 Å². The molecule has 5 nitrogen and oxygen atoms in total. The number of anilines is 1. The van der Waals surface area contributed by atoms with Crippen molar-refractivity contribution in [3.05, 3.63) is 47.7 Å². The number of alkyl halides is 3. The van der Waals surface area contributed by atoms with E-state index in [1.165, 1.54) is 37.6 Å². The first-order valence-corrected chi connectivity index (χ1v) is 11.1. The van der Waals surface area contributed by atoms with E-state index in [4.69, 9.17) is 0 Å². The smallest absolute Gasteiger partial charge is 0.364 e. The fourth-order valence-electron chi connectivity index (χ4n) is 6.64. The minimum absolute atomic E-state index is 0.0131. The Bertz CT molecular complexity index is 1200. The Kier molecular flexibility index (Phi) is 4.11. The SMILES string of the molecule is N#Cc1cnn2c(NC34CC5CC(CC(C5)C3)C4)cc(-c3ccc(C(F)(F)F)cc3)nc12. The number of nitrogens with one attached hydrogen (secondary N) is 1. The molecule has 0 aliphatic heterocycles. The van der Waals surface area contributed by atoms with Crippen LogP contribution in [0, 0.1) is 29.1 Å². The van der Waals surface area contributed by atoms with E-state index < -0.39 is 11.7 Å². The Balaban J connectivity index is 1.43. The molecule has 4 fully saturated rings. The average Bonchev–Trinajstić information content (AvgIpc) is 3.15. The van der Waals surface area contributed by atoms with Gasteiger partial charge in [0.25, 0.3) is 0 Å². The van der Waals surface area contributed by atoms with Gasteiger partial charge in [0.2, 0.25) is 0 Å². The summed E-state index contributed by atoms with van der Waals surface area (Å²) in [5.74, 6) is 3.02. The van der Waals surface area contributed by atoms with Crippen LogP contribution < -0.4 is 5.32 Å². The van der Waals surface area contributed by atoms with Crippen LogP contribution in [0.3, 0.4) is 0 Å². The third-order valence-corrected chi connectivity index (χ3v) is 7.53. The predicted molar refractivity (Wildman–Crippen MR) is 113 cm³/mol. The zero-order chi connectivity index (χ0) is 22.1. The summed E-state index contributed by atoms with van der Waals surface area (Å²) in [5.41, 5.74) is 1.16. The molecule has 7 rings (SSSR count). The van der Waals surface area contributed by atoms with Gasteiger partial charge in [0.1, 0.15) is 17.5 Å². The van der Waals surface area contributed by atoms with E-state index in [9.17, 15) is 18.4 Å². The molecule has 2 aromatic heterocycles. The summed E-state index contributed by atoms with van der Waals surface area (Å²) in [7, 11) is 0. The molecule has 0 atom stereocenters. The Labute approximate surface area is 183 Å². The fraction of sp³-hybridized carbons (Fsp3) is 0.458. The van der Waals surface area contributed by atoms with Crippen LogP contribution in [0.5, 0.6) is 0 Å². The van der Waals surface area contributed by atoms with Crippen molar-refractivity contribution < 1.29 is 13.2 Å². The van der Waals surface area contributed by atoms with Gasteiger partial charge < -0.3 is 5.32 Å². The molecule has 0 radical (unpaired) electrons. The number of halogens is 3. The normalized spacial score (nSPS) is 28.8. The van der Waals surface area contributed by atoms with Crippen LogP contribution in [0.1, 0.15) is 49.7 Å². The maximum absolute atomic E-state index is 13.0. The van der Waals surface area contributed by atoms with Gasteiger partial charge in [0, 0.05) is 17.2 Å². The summed E-state index contributed by atoms with van der Waals surface area (Å²) < 4.78 is 40.6. The van der Waals surface area contributed by atoms with Gasteiger partial charge in [0.05, 0.1) is 17.5 Å². The summed E-state index contributed by atoms with van der Waals surface area (Å²) >= 11 is 0. The van der Waals surface area contributed by atoms with Crippen molar-refractivity contribution in [3.8, 4) is 17.3 Å². The molecular formula is C24H22F3N5. The van der Waals surface area contributed by atoms with E-state index in [1.807, 2.05) is 6.07 Å². The molecule has 1 aromatic carbocycles. The molecule has 4 bridgehead atoms. The highest BCUT2D eigenvalue weighted by Crippen LogP contribution is 2.56. The van der Waals surface area contributed by atoms with Crippen LogP contribution in [0.25, 0.3) is 16.9 Å². The molecule has 4 aliphatic carbocycles. The number of hydrogen-bond donors (Lipinski definition) is 1. The zero-order valence-corrected chi connectivity index (χ0v) is 17.4. The number of hydrogen-bond acceptors (Lipinski definition) is 4. The second-order valence-electron chi connectivity index (χ2n) is 9.83. The summed E-state index contributed by atoms with van der Waals surface area (Å²) in [6, 6.07) is 8.96. The highest BCUT2D eigenvalue weighted by molar-refractivity contribution is 5.69. The first kappa shape index (κ1) is 19.6. The lowest BCUT2D eigenvalue weighted by molar-refractivity contribution is -0.137. The molecular weight excluding hydrogens is 415 g/mol. The molecule has 32 heavy (non-hydrogen) atoms. The molecule has 0 spiro atoms. The topological polar surface area (TPSA) is 66.0 Å². The van der Waals surface area contributed by atoms with Gasteiger partial charge in [0.15, 0.2) is 5.65 Å². The van der Waals surface area contributed by atoms with E-state index in [1.54, 1.807) is 4.52 Å². The molecule has 0 saturated heterocycles. The minimum Gasteiger partial charge on any atom is -0.364 e. The van der Waals surface area contributed by atoms with E-state index in [-0.39, 0.29) is 5.54 Å². The van der Waals surface area contributed by atoms with Gasteiger partial charge in [-0.15, -0.1) is 0 Å². The lowest BCUT2D eigenvalue weighted by Gasteiger charge is -2.57. The molecule has 3 aromatic rings. The summed E-state index contributed by atoms with van der Waals surface area (Å²) in [5, 5.41) is 17.7. The van der Waals surface area contributed by atoms with Crippen LogP contribution in [0.2, 0.25) is 0 Å². The van der Waals surface area contributed by atoms with Crippen LogP contribution in [0.15, 0.2) is 36.5 Å². The first-order chi connectivity index (χ1) is 15.3. The fourth-order valence-corrected chi connectivity index (χ4v) is 6.64. The molecule has 1 N–H and O–H groups in total. The Hall–Kier alpha value is -3.08. The van der Waals surface area contributed by atoms with Crippen LogP contribution in [-0.4, -0.2) is 20.1 Å². The van der Waals surface area contributed by atoms with E-state index in [2.05, 4.69) is 21.5 Å². The third kappa shape index (κ3) is 3.14. The van der Waals surface area contributed by atoms with Gasteiger partial charge in [-0.3, -0.25) is 0 Å².